The van der Waals surface area contributed by atoms with Gasteiger partial charge in [0.2, 0.25) is 0 Å². The van der Waals surface area contributed by atoms with Gasteiger partial charge in [0.05, 0.1) is 5.56 Å². The van der Waals surface area contributed by atoms with Crippen LogP contribution in [0.15, 0.2) is 24.3 Å². The number of benzene rings is 1. The lowest BCUT2D eigenvalue weighted by molar-refractivity contribution is -0.000248. The summed E-state index contributed by atoms with van der Waals surface area (Å²) < 4.78 is 0. The monoisotopic (exact) mass is 245 g/mol. The van der Waals surface area contributed by atoms with E-state index in [1.54, 1.807) is 12.1 Å². The zero-order valence-electron chi connectivity index (χ0n) is 10.6. The largest absolute Gasteiger partial charge is 0.478 e. The molecule has 1 saturated heterocycles. The molecule has 0 unspecified atom stereocenters. The minimum atomic E-state index is -0.851. The lowest BCUT2D eigenvalue weighted by Gasteiger charge is -2.48. The van der Waals surface area contributed by atoms with Crippen molar-refractivity contribution in [2.24, 2.45) is 5.41 Å². The van der Waals surface area contributed by atoms with E-state index in [1.807, 2.05) is 12.1 Å². The van der Waals surface area contributed by atoms with E-state index in [0.29, 0.717) is 11.0 Å². The number of aromatic carboxylic acids is 1. The highest BCUT2D eigenvalue weighted by Gasteiger charge is 2.44. The van der Waals surface area contributed by atoms with E-state index in [1.165, 1.54) is 44.3 Å². The number of likely N-dealkylation sites (tertiary alicyclic amines) is 1. The van der Waals surface area contributed by atoms with Crippen molar-refractivity contribution >= 4 is 5.97 Å². The fraction of sp³-hybridized carbons (Fsp3) is 0.533. The van der Waals surface area contributed by atoms with Crippen LogP contribution in [0.5, 0.6) is 0 Å². The number of hydrogen-bond acceptors (Lipinski definition) is 2. The standard InChI is InChI=1S/C15H19NO2/c17-14(18)13-5-3-12(4-6-13)9-16-10-15(11-16)7-1-2-8-15/h3-6H,1-2,7-11H2,(H,17,18). The van der Waals surface area contributed by atoms with Gasteiger partial charge in [-0.25, -0.2) is 4.79 Å². The Morgan fingerprint density at radius 2 is 1.78 bits per heavy atom. The lowest BCUT2D eigenvalue weighted by atomic mass is 9.78. The second kappa shape index (κ2) is 4.39. The average molecular weight is 245 g/mol. The minimum Gasteiger partial charge on any atom is -0.478 e. The number of rotatable bonds is 3. The molecular weight excluding hydrogens is 226 g/mol. The molecule has 1 N–H and O–H groups in total. The Labute approximate surface area is 107 Å². The number of carboxylic acid groups (broad SMARTS) is 1. The maximum absolute atomic E-state index is 10.8. The Bertz CT molecular complexity index is 438. The van der Waals surface area contributed by atoms with Gasteiger partial charge in [-0.2, -0.15) is 0 Å². The SMILES string of the molecule is O=C(O)c1ccc(CN2CC3(CCCC3)C2)cc1. The molecule has 3 nitrogen and oxygen atoms in total. The van der Waals surface area contributed by atoms with Gasteiger partial charge in [-0.15, -0.1) is 0 Å². The van der Waals surface area contributed by atoms with Gasteiger partial charge in [-0.3, -0.25) is 4.90 Å². The molecule has 1 saturated carbocycles. The highest BCUT2D eigenvalue weighted by Crippen LogP contribution is 2.45. The van der Waals surface area contributed by atoms with Crippen LogP contribution in [-0.4, -0.2) is 29.1 Å². The molecule has 1 aromatic rings. The van der Waals surface area contributed by atoms with Crippen molar-refractivity contribution in [2.45, 2.75) is 32.2 Å². The fourth-order valence-corrected chi connectivity index (χ4v) is 3.47. The first-order valence-corrected chi connectivity index (χ1v) is 6.72. The van der Waals surface area contributed by atoms with Gasteiger partial charge in [-0.05, 0) is 36.0 Å². The predicted octanol–water partition coefficient (Wildman–Crippen LogP) is 2.76. The van der Waals surface area contributed by atoms with Crippen LogP contribution < -0.4 is 0 Å². The van der Waals surface area contributed by atoms with Crippen molar-refractivity contribution in [1.82, 2.24) is 4.90 Å². The van der Waals surface area contributed by atoms with Gasteiger partial charge in [0.15, 0.2) is 0 Å². The molecule has 96 valence electrons. The maximum atomic E-state index is 10.8. The van der Waals surface area contributed by atoms with Gasteiger partial charge < -0.3 is 5.11 Å². The summed E-state index contributed by atoms with van der Waals surface area (Å²) >= 11 is 0. The molecule has 1 spiro atoms. The van der Waals surface area contributed by atoms with Crippen molar-refractivity contribution in [3.05, 3.63) is 35.4 Å². The Morgan fingerprint density at radius 3 is 2.33 bits per heavy atom. The second-order valence-corrected chi connectivity index (χ2v) is 5.85. The summed E-state index contributed by atoms with van der Waals surface area (Å²) in [6.45, 7) is 3.42. The summed E-state index contributed by atoms with van der Waals surface area (Å²) in [5.41, 5.74) is 2.23. The zero-order chi connectivity index (χ0) is 12.6. The maximum Gasteiger partial charge on any atom is 0.335 e. The molecule has 2 fully saturated rings. The van der Waals surface area contributed by atoms with E-state index in [4.69, 9.17) is 5.11 Å². The molecule has 0 aromatic heterocycles. The normalized spacial score (nSPS) is 22.0. The van der Waals surface area contributed by atoms with Gasteiger partial charge in [0.25, 0.3) is 0 Å². The minimum absolute atomic E-state index is 0.370. The summed E-state index contributed by atoms with van der Waals surface area (Å²) in [5.74, 6) is -0.851. The molecule has 18 heavy (non-hydrogen) atoms. The molecule has 3 rings (SSSR count). The van der Waals surface area contributed by atoms with Crippen molar-refractivity contribution < 1.29 is 9.90 Å². The fourth-order valence-electron chi connectivity index (χ4n) is 3.47. The molecule has 2 aliphatic rings. The van der Waals surface area contributed by atoms with E-state index >= 15 is 0 Å². The third-order valence-electron chi connectivity index (χ3n) is 4.39. The van der Waals surface area contributed by atoms with Crippen LogP contribution in [0, 0.1) is 5.41 Å². The smallest absolute Gasteiger partial charge is 0.335 e. The van der Waals surface area contributed by atoms with E-state index in [0.717, 1.165) is 6.54 Å². The molecular formula is C15H19NO2. The van der Waals surface area contributed by atoms with Gasteiger partial charge in [-0.1, -0.05) is 25.0 Å². The Kier molecular flexibility index (Phi) is 2.86. The molecule has 0 radical (unpaired) electrons. The van der Waals surface area contributed by atoms with Crippen LogP contribution in [0.1, 0.15) is 41.6 Å². The van der Waals surface area contributed by atoms with Crippen molar-refractivity contribution in [3.63, 3.8) is 0 Å². The zero-order valence-corrected chi connectivity index (χ0v) is 10.6. The van der Waals surface area contributed by atoms with Crippen molar-refractivity contribution in [1.29, 1.82) is 0 Å². The number of nitrogens with zero attached hydrogens (tertiary/aromatic N) is 1. The first kappa shape index (κ1) is 11.7. The molecule has 3 heteroatoms. The van der Waals surface area contributed by atoms with Crippen LogP contribution in [0.25, 0.3) is 0 Å². The van der Waals surface area contributed by atoms with E-state index in [-0.39, 0.29) is 0 Å². The van der Waals surface area contributed by atoms with Crippen LogP contribution in [-0.2, 0) is 6.54 Å². The van der Waals surface area contributed by atoms with Crippen LogP contribution >= 0.6 is 0 Å². The number of carbonyl (C=O) groups is 1. The molecule has 0 amide bonds. The molecule has 0 atom stereocenters. The molecule has 1 aromatic carbocycles. The van der Waals surface area contributed by atoms with Gasteiger partial charge in [0.1, 0.15) is 0 Å². The first-order valence-electron chi connectivity index (χ1n) is 6.72. The van der Waals surface area contributed by atoms with Crippen LogP contribution in [0.2, 0.25) is 0 Å². The second-order valence-electron chi connectivity index (χ2n) is 5.85. The first-order chi connectivity index (χ1) is 8.67. The Hall–Kier alpha value is -1.35. The quantitative estimate of drug-likeness (QED) is 0.890. The summed E-state index contributed by atoms with van der Waals surface area (Å²) in [4.78, 5) is 13.2. The summed E-state index contributed by atoms with van der Waals surface area (Å²) in [5, 5.41) is 8.84. The van der Waals surface area contributed by atoms with E-state index in [2.05, 4.69) is 4.90 Å². The number of carboxylic acids is 1. The third kappa shape index (κ3) is 2.15. The van der Waals surface area contributed by atoms with Gasteiger partial charge >= 0.3 is 5.97 Å². The highest BCUT2D eigenvalue weighted by atomic mass is 16.4. The molecule has 0 bridgehead atoms. The Morgan fingerprint density at radius 1 is 1.17 bits per heavy atom. The third-order valence-corrected chi connectivity index (χ3v) is 4.39. The van der Waals surface area contributed by atoms with E-state index < -0.39 is 5.97 Å². The average Bonchev–Trinajstić information content (AvgIpc) is 2.78. The lowest BCUT2D eigenvalue weighted by Crippen LogP contribution is -2.54. The molecule has 1 aliphatic heterocycles. The predicted molar refractivity (Wildman–Crippen MR) is 69.6 cm³/mol. The number of hydrogen-bond donors (Lipinski definition) is 1. The molecule has 1 aliphatic carbocycles. The van der Waals surface area contributed by atoms with E-state index in [9.17, 15) is 4.79 Å². The summed E-state index contributed by atoms with van der Waals surface area (Å²) in [7, 11) is 0. The van der Waals surface area contributed by atoms with Crippen molar-refractivity contribution in [2.75, 3.05) is 13.1 Å². The Balaban J connectivity index is 1.56. The summed E-state index contributed by atoms with van der Waals surface area (Å²) in [6.07, 6.45) is 5.62. The molecule has 1 heterocycles. The van der Waals surface area contributed by atoms with Crippen LogP contribution in [0.3, 0.4) is 0 Å². The summed E-state index contributed by atoms with van der Waals surface area (Å²) in [6, 6.07) is 7.26. The highest BCUT2D eigenvalue weighted by molar-refractivity contribution is 5.87. The topological polar surface area (TPSA) is 40.5 Å². The van der Waals surface area contributed by atoms with Crippen LogP contribution in [0.4, 0.5) is 0 Å². The van der Waals surface area contributed by atoms with Gasteiger partial charge in [0, 0.05) is 19.6 Å². The van der Waals surface area contributed by atoms with Crippen molar-refractivity contribution in [3.8, 4) is 0 Å².